The van der Waals surface area contributed by atoms with Gasteiger partial charge in [-0.2, -0.15) is 10.2 Å². The molecule has 0 saturated heterocycles. The third-order valence-electron chi connectivity index (χ3n) is 3.66. The Morgan fingerprint density at radius 3 is 2.38 bits per heavy atom. The first-order chi connectivity index (χ1) is 10.2. The van der Waals surface area contributed by atoms with Crippen molar-refractivity contribution in [1.82, 2.24) is 10.1 Å². The molecule has 110 valence electrons. The number of nitrogens with zero attached hydrogens (tertiary/aromatic N) is 3. The van der Waals surface area contributed by atoms with Gasteiger partial charge >= 0.3 is 0 Å². The Hall–Kier alpha value is -2.19. The molecular weight excluding hydrogens is 266 g/mol. The maximum Gasteiger partial charge on any atom is 0.258 e. The molecule has 1 aromatic heterocycles. The van der Waals surface area contributed by atoms with E-state index in [2.05, 4.69) is 30.1 Å². The quantitative estimate of drug-likeness (QED) is 0.809. The van der Waals surface area contributed by atoms with Gasteiger partial charge in [-0.05, 0) is 44.0 Å². The minimum atomic E-state index is -0.497. The zero-order chi connectivity index (χ0) is 15.3. The van der Waals surface area contributed by atoms with E-state index in [9.17, 15) is 0 Å². The van der Waals surface area contributed by atoms with Crippen molar-refractivity contribution in [2.24, 2.45) is 0 Å². The van der Waals surface area contributed by atoms with Gasteiger partial charge in [-0.25, -0.2) is 0 Å². The fourth-order valence-corrected chi connectivity index (χ4v) is 2.32. The zero-order valence-corrected chi connectivity index (χ0v) is 12.6. The normalized spacial score (nSPS) is 11.3. The van der Waals surface area contributed by atoms with Crippen LogP contribution in [0.5, 0.6) is 0 Å². The lowest BCUT2D eigenvalue weighted by Gasteiger charge is -2.27. The summed E-state index contributed by atoms with van der Waals surface area (Å²) in [6.07, 6.45) is 1.56. The Morgan fingerprint density at radius 1 is 1.19 bits per heavy atom. The SMILES string of the molecule is CCOC(CC)(CC)c1noc(-c2ccc(C#N)cc2)n1. The highest BCUT2D eigenvalue weighted by Gasteiger charge is 2.34. The molecule has 0 aliphatic heterocycles. The minimum Gasteiger partial charge on any atom is -0.367 e. The number of hydrogen-bond donors (Lipinski definition) is 0. The number of rotatable bonds is 6. The van der Waals surface area contributed by atoms with Crippen LogP contribution in [0.1, 0.15) is 45.0 Å². The van der Waals surface area contributed by atoms with Crippen molar-refractivity contribution >= 4 is 0 Å². The van der Waals surface area contributed by atoms with Crippen LogP contribution in [0.2, 0.25) is 0 Å². The zero-order valence-electron chi connectivity index (χ0n) is 12.6. The van der Waals surface area contributed by atoms with Crippen LogP contribution in [0.4, 0.5) is 0 Å². The Kier molecular flexibility index (Phi) is 4.71. The first-order valence-corrected chi connectivity index (χ1v) is 7.17. The van der Waals surface area contributed by atoms with Crippen molar-refractivity contribution < 1.29 is 9.26 Å². The van der Waals surface area contributed by atoms with Crippen LogP contribution in [0.25, 0.3) is 11.5 Å². The first-order valence-electron chi connectivity index (χ1n) is 7.17. The lowest BCUT2D eigenvalue weighted by Crippen LogP contribution is -2.29. The number of aromatic nitrogens is 2. The second kappa shape index (κ2) is 6.51. The average molecular weight is 285 g/mol. The Labute approximate surface area is 124 Å². The molecule has 0 fully saturated rings. The van der Waals surface area contributed by atoms with Gasteiger partial charge in [-0.1, -0.05) is 19.0 Å². The average Bonchev–Trinajstić information content (AvgIpc) is 3.03. The van der Waals surface area contributed by atoms with E-state index in [4.69, 9.17) is 14.5 Å². The molecule has 2 rings (SSSR count). The van der Waals surface area contributed by atoms with Gasteiger partial charge in [0.1, 0.15) is 5.60 Å². The molecule has 0 radical (unpaired) electrons. The number of hydrogen-bond acceptors (Lipinski definition) is 5. The molecule has 0 atom stereocenters. The monoisotopic (exact) mass is 285 g/mol. The lowest BCUT2D eigenvalue weighted by atomic mass is 9.96. The number of benzene rings is 1. The summed E-state index contributed by atoms with van der Waals surface area (Å²) >= 11 is 0. The standard InChI is InChI=1S/C16H19N3O2/c1-4-16(5-2,20-6-3)15-18-14(21-19-15)13-9-7-12(11-17)8-10-13/h7-10H,4-6H2,1-3H3. The molecule has 1 heterocycles. The predicted molar refractivity (Wildman–Crippen MR) is 78.3 cm³/mol. The summed E-state index contributed by atoms with van der Waals surface area (Å²) in [7, 11) is 0. The summed E-state index contributed by atoms with van der Waals surface area (Å²) in [6, 6.07) is 9.15. The van der Waals surface area contributed by atoms with Crippen molar-refractivity contribution in [2.45, 2.75) is 39.2 Å². The Morgan fingerprint density at radius 2 is 1.86 bits per heavy atom. The maximum atomic E-state index is 8.81. The second-order valence-electron chi connectivity index (χ2n) is 4.75. The molecule has 0 amide bonds. The molecule has 0 saturated carbocycles. The van der Waals surface area contributed by atoms with Gasteiger partial charge in [0.15, 0.2) is 0 Å². The summed E-state index contributed by atoms with van der Waals surface area (Å²) in [5, 5.41) is 12.9. The smallest absolute Gasteiger partial charge is 0.258 e. The molecular formula is C16H19N3O2. The van der Waals surface area contributed by atoms with Gasteiger partial charge in [0.2, 0.25) is 5.82 Å². The van der Waals surface area contributed by atoms with E-state index in [0.717, 1.165) is 18.4 Å². The molecule has 2 aromatic rings. The Balaban J connectivity index is 2.33. The molecule has 5 heteroatoms. The lowest BCUT2D eigenvalue weighted by molar-refractivity contribution is -0.0583. The van der Waals surface area contributed by atoms with E-state index in [-0.39, 0.29) is 0 Å². The molecule has 0 aliphatic rings. The van der Waals surface area contributed by atoms with Crippen molar-refractivity contribution in [3.63, 3.8) is 0 Å². The summed E-state index contributed by atoms with van der Waals surface area (Å²) in [4.78, 5) is 4.48. The maximum absolute atomic E-state index is 8.81. The number of nitriles is 1. The van der Waals surface area contributed by atoms with Crippen LogP contribution in [-0.2, 0) is 10.3 Å². The van der Waals surface area contributed by atoms with Crippen molar-refractivity contribution in [3.8, 4) is 17.5 Å². The molecule has 0 unspecified atom stereocenters. The minimum absolute atomic E-state index is 0.445. The van der Waals surface area contributed by atoms with Gasteiger partial charge in [0.05, 0.1) is 11.6 Å². The third kappa shape index (κ3) is 2.96. The molecule has 1 aromatic carbocycles. The van der Waals surface area contributed by atoms with Crippen molar-refractivity contribution in [1.29, 1.82) is 5.26 Å². The summed E-state index contributed by atoms with van der Waals surface area (Å²) in [6.45, 7) is 6.66. The van der Waals surface area contributed by atoms with Crippen LogP contribution in [0, 0.1) is 11.3 Å². The van der Waals surface area contributed by atoms with E-state index >= 15 is 0 Å². The highest BCUT2D eigenvalue weighted by molar-refractivity contribution is 5.54. The van der Waals surface area contributed by atoms with Gasteiger partial charge in [0, 0.05) is 12.2 Å². The van der Waals surface area contributed by atoms with Crippen LogP contribution < -0.4 is 0 Å². The van der Waals surface area contributed by atoms with Crippen molar-refractivity contribution in [2.75, 3.05) is 6.61 Å². The fourth-order valence-electron chi connectivity index (χ4n) is 2.32. The Bertz CT molecular complexity index is 622. The first kappa shape index (κ1) is 15.2. The second-order valence-corrected chi connectivity index (χ2v) is 4.75. The fraction of sp³-hybridized carbons (Fsp3) is 0.438. The highest BCUT2D eigenvalue weighted by Crippen LogP contribution is 2.32. The van der Waals surface area contributed by atoms with E-state index in [0.29, 0.717) is 23.9 Å². The third-order valence-corrected chi connectivity index (χ3v) is 3.66. The largest absolute Gasteiger partial charge is 0.367 e. The summed E-state index contributed by atoms with van der Waals surface area (Å²) in [5.74, 6) is 1.02. The van der Waals surface area contributed by atoms with Gasteiger partial charge < -0.3 is 9.26 Å². The topological polar surface area (TPSA) is 71.9 Å². The van der Waals surface area contributed by atoms with Crippen molar-refractivity contribution in [3.05, 3.63) is 35.7 Å². The van der Waals surface area contributed by atoms with Gasteiger partial charge in [-0.3, -0.25) is 0 Å². The summed E-state index contributed by atoms with van der Waals surface area (Å²) < 4.78 is 11.2. The van der Waals surface area contributed by atoms with Crippen LogP contribution >= 0.6 is 0 Å². The highest BCUT2D eigenvalue weighted by atomic mass is 16.5. The molecule has 0 aliphatic carbocycles. The molecule has 0 N–H and O–H groups in total. The van der Waals surface area contributed by atoms with Gasteiger partial charge in [0.25, 0.3) is 5.89 Å². The summed E-state index contributed by atoms with van der Waals surface area (Å²) in [5.41, 5.74) is 0.901. The van der Waals surface area contributed by atoms with Gasteiger partial charge in [-0.15, -0.1) is 0 Å². The van der Waals surface area contributed by atoms with E-state index in [1.165, 1.54) is 0 Å². The molecule has 21 heavy (non-hydrogen) atoms. The van der Waals surface area contributed by atoms with Crippen LogP contribution in [0.15, 0.2) is 28.8 Å². The molecule has 5 nitrogen and oxygen atoms in total. The number of ether oxygens (including phenoxy) is 1. The molecule has 0 bridgehead atoms. The van der Waals surface area contributed by atoms with Crippen LogP contribution in [0.3, 0.4) is 0 Å². The molecule has 0 spiro atoms. The van der Waals surface area contributed by atoms with E-state index < -0.39 is 5.60 Å². The van der Waals surface area contributed by atoms with E-state index in [1.807, 2.05) is 6.92 Å². The van der Waals surface area contributed by atoms with E-state index in [1.54, 1.807) is 24.3 Å². The van der Waals surface area contributed by atoms with Crippen LogP contribution in [-0.4, -0.2) is 16.7 Å². The predicted octanol–water partition coefficient (Wildman–Crippen LogP) is 3.66.